The van der Waals surface area contributed by atoms with E-state index < -0.39 is 11.7 Å². The minimum atomic E-state index is -4.37. The predicted molar refractivity (Wildman–Crippen MR) is 97.6 cm³/mol. The monoisotopic (exact) mass is 383 g/mol. The van der Waals surface area contributed by atoms with Crippen LogP contribution < -0.4 is 10.6 Å². The zero-order chi connectivity index (χ0) is 19.7. The highest BCUT2D eigenvalue weighted by Gasteiger charge is 2.30. The highest BCUT2D eigenvalue weighted by Crippen LogP contribution is 2.30. The van der Waals surface area contributed by atoms with Gasteiger partial charge in [-0.3, -0.25) is 4.99 Å². The molecule has 2 rings (SSSR count). The van der Waals surface area contributed by atoms with Crippen LogP contribution in [-0.2, 0) is 17.3 Å². The zero-order valence-electron chi connectivity index (χ0n) is 15.3. The van der Waals surface area contributed by atoms with Crippen LogP contribution in [0, 0.1) is 0 Å². The average molecular weight is 383 g/mol. The minimum Gasteiger partial charge on any atom is -0.469 e. The lowest BCUT2D eigenvalue weighted by Crippen LogP contribution is -2.40. The van der Waals surface area contributed by atoms with Crippen LogP contribution in [-0.4, -0.2) is 32.8 Å². The van der Waals surface area contributed by atoms with Gasteiger partial charge in [-0.15, -0.1) is 0 Å². The topological polar surface area (TPSA) is 58.8 Å². The third-order valence-corrected chi connectivity index (χ3v) is 3.88. The van der Waals surface area contributed by atoms with Crippen molar-refractivity contribution in [3.8, 4) is 0 Å². The van der Waals surface area contributed by atoms with Crippen LogP contribution in [0.25, 0.3) is 0 Å². The third kappa shape index (κ3) is 6.97. The van der Waals surface area contributed by atoms with Crippen molar-refractivity contribution in [3.63, 3.8) is 0 Å². The molecule has 2 aromatic rings. The first-order chi connectivity index (χ1) is 12.9. The molecule has 1 heterocycles. The summed E-state index contributed by atoms with van der Waals surface area (Å²) < 4.78 is 49.0. The van der Waals surface area contributed by atoms with E-state index in [1.54, 1.807) is 26.4 Å². The van der Waals surface area contributed by atoms with Crippen LogP contribution >= 0.6 is 0 Å². The molecule has 0 radical (unpaired) electrons. The Morgan fingerprint density at radius 3 is 2.74 bits per heavy atom. The van der Waals surface area contributed by atoms with Gasteiger partial charge in [0.2, 0.25) is 0 Å². The molecular formula is C19H24F3N3O2. The lowest BCUT2D eigenvalue weighted by molar-refractivity contribution is -0.137. The SMILES string of the molecule is COCCN=C(NCCc1ccco1)NC(C)c1cccc(C(F)(F)F)c1. The molecule has 27 heavy (non-hydrogen) atoms. The van der Waals surface area contributed by atoms with Gasteiger partial charge in [0.05, 0.1) is 31.0 Å². The number of nitrogens with one attached hydrogen (secondary N) is 2. The summed E-state index contributed by atoms with van der Waals surface area (Å²) in [5, 5.41) is 6.30. The summed E-state index contributed by atoms with van der Waals surface area (Å²) in [7, 11) is 1.58. The van der Waals surface area contributed by atoms with Crippen LogP contribution in [0.4, 0.5) is 13.2 Å². The number of nitrogens with zero attached hydrogens (tertiary/aromatic N) is 1. The van der Waals surface area contributed by atoms with E-state index in [2.05, 4.69) is 15.6 Å². The highest BCUT2D eigenvalue weighted by atomic mass is 19.4. The fourth-order valence-corrected chi connectivity index (χ4v) is 2.43. The first kappa shape index (κ1) is 20.8. The molecule has 0 spiro atoms. The summed E-state index contributed by atoms with van der Waals surface area (Å²) in [4.78, 5) is 4.39. The Kier molecular flexibility index (Phi) is 7.72. The van der Waals surface area contributed by atoms with Gasteiger partial charge in [0.15, 0.2) is 5.96 Å². The summed E-state index contributed by atoms with van der Waals surface area (Å²) in [6.45, 7) is 3.24. The van der Waals surface area contributed by atoms with E-state index in [0.717, 1.165) is 17.9 Å². The molecule has 0 fully saturated rings. The first-order valence-corrected chi connectivity index (χ1v) is 8.63. The van der Waals surface area contributed by atoms with Gasteiger partial charge in [0.25, 0.3) is 0 Å². The number of ether oxygens (including phenoxy) is 1. The summed E-state index contributed by atoms with van der Waals surface area (Å²) in [6.07, 6.45) is -2.10. The molecule has 148 valence electrons. The van der Waals surface area contributed by atoms with E-state index in [4.69, 9.17) is 9.15 Å². The van der Waals surface area contributed by atoms with E-state index in [9.17, 15) is 13.2 Å². The number of guanidine groups is 1. The van der Waals surface area contributed by atoms with Crippen molar-refractivity contribution in [2.24, 2.45) is 4.99 Å². The molecule has 0 amide bonds. The van der Waals surface area contributed by atoms with Gasteiger partial charge in [-0.25, -0.2) is 0 Å². The van der Waals surface area contributed by atoms with Crippen molar-refractivity contribution >= 4 is 5.96 Å². The standard InChI is InChI=1S/C19H24F3N3O2/c1-14(15-5-3-6-16(13-15)19(20,21)22)25-18(24-10-12-26-2)23-9-8-17-7-4-11-27-17/h3-7,11,13-14H,8-10,12H2,1-2H3,(H2,23,24,25). The van der Waals surface area contributed by atoms with E-state index in [1.807, 2.05) is 12.1 Å². The molecule has 0 bridgehead atoms. The molecule has 5 nitrogen and oxygen atoms in total. The van der Waals surface area contributed by atoms with Crippen LogP contribution in [0.2, 0.25) is 0 Å². The second-order valence-electron chi connectivity index (χ2n) is 5.97. The number of aliphatic imine (C=N–C) groups is 1. The largest absolute Gasteiger partial charge is 0.469 e. The molecule has 1 aromatic heterocycles. The van der Waals surface area contributed by atoms with Gasteiger partial charge < -0.3 is 19.8 Å². The normalized spacial score (nSPS) is 13.4. The Labute approximate surface area is 156 Å². The molecule has 8 heteroatoms. The molecule has 0 aliphatic carbocycles. The molecule has 1 atom stereocenters. The zero-order valence-corrected chi connectivity index (χ0v) is 15.3. The average Bonchev–Trinajstić information content (AvgIpc) is 3.14. The van der Waals surface area contributed by atoms with Gasteiger partial charge in [-0.2, -0.15) is 13.2 Å². The van der Waals surface area contributed by atoms with E-state index >= 15 is 0 Å². The number of rotatable bonds is 8. The van der Waals surface area contributed by atoms with Crippen LogP contribution in [0.5, 0.6) is 0 Å². The van der Waals surface area contributed by atoms with Gasteiger partial charge in [-0.05, 0) is 36.8 Å². The summed E-state index contributed by atoms with van der Waals surface area (Å²) >= 11 is 0. The van der Waals surface area contributed by atoms with Crippen molar-refractivity contribution in [3.05, 3.63) is 59.5 Å². The first-order valence-electron chi connectivity index (χ1n) is 8.63. The highest BCUT2D eigenvalue weighted by molar-refractivity contribution is 5.80. The number of hydrogen-bond acceptors (Lipinski definition) is 3. The van der Waals surface area contributed by atoms with Crippen molar-refractivity contribution < 1.29 is 22.3 Å². The molecule has 0 aliphatic heterocycles. The second-order valence-corrected chi connectivity index (χ2v) is 5.97. The van der Waals surface area contributed by atoms with Gasteiger partial charge in [-0.1, -0.05) is 12.1 Å². The number of halogens is 3. The van der Waals surface area contributed by atoms with Gasteiger partial charge in [0.1, 0.15) is 5.76 Å². The number of methoxy groups -OCH3 is 1. The maximum absolute atomic E-state index is 12.9. The lowest BCUT2D eigenvalue weighted by atomic mass is 10.1. The quantitative estimate of drug-likeness (QED) is 0.414. The van der Waals surface area contributed by atoms with Gasteiger partial charge in [0, 0.05) is 20.1 Å². The Morgan fingerprint density at radius 2 is 2.07 bits per heavy atom. The second kappa shape index (κ2) is 10.0. The molecule has 2 N–H and O–H groups in total. The molecule has 0 aliphatic rings. The number of benzene rings is 1. The Bertz CT molecular complexity index is 715. The van der Waals surface area contributed by atoms with Crippen molar-refractivity contribution in [2.75, 3.05) is 26.8 Å². The number of furan rings is 1. The summed E-state index contributed by atoms with van der Waals surface area (Å²) in [5.74, 6) is 1.34. The maximum Gasteiger partial charge on any atom is 0.416 e. The van der Waals surface area contributed by atoms with Gasteiger partial charge >= 0.3 is 6.18 Å². The molecule has 1 aromatic carbocycles. The smallest absolute Gasteiger partial charge is 0.416 e. The Balaban J connectivity index is 2.01. The fraction of sp³-hybridized carbons (Fsp3) is 0.421. The Hall–Kier alpha value is -2.48. The Morgan fingerprint density at radius 1 is 1.26 bits per heavy atom. The van der Waals surface area contributed by atoms with E-state index in [0.29, 0.717) is 37.6 Å². The van der Waals surface area contributed by atoms with Crippen molar-refractivity contribution in [1.82, 2.24) is 10.6 Å². The molecule has 1 unspecified atom stereocenters. The predicted octanol–water partition coefficient (Wildman–Crippen LogP) is 3.78. The minimum absolute atomic E-state index is 0.357. The maximum atomic E-state index is 12.9. The molecule has 0 saturated carbocycles. The number of hydrogen-bond donors (Lipinski definition) is 2. The van der Waals surface area contributed by atoms with E-state index in [1.165, 1.54) is 6.07 Å². The summed E-state index contributed by atoms with van der Waals surface area (Å²) in [6, 6.07) is 8.60. The van der Waals surface area contributed by atoms with Crippen molar-refractivity contribution in [1.29, 1.82) is 0 Å². The van der Waals surface area contributed by atoms with Crippen LogP contribution in [0.15, 0.2) is 52.1 Å². The van der Waals surface area contributed by atoms with Crippen LogP contribution in [0.1, 0.15) is 29.9 Å². The van der Waals surface area contributed by atoms with Crippen molar-refractivity contribution in [2.45, 2.75) is 25.6 Å². The number of alkyl halides is 3. The summed E-state index contributed by atoms with van der Waals surface area (Å²) in [5.41, 5.74) is -0.144. The fourth-order valence-electron chi connectivity index (χ4n) is 2.43. The molecule has 0 saturated heterocycles. The van der Waals surface area contributed by atoms with Crippen LogP contribution in [0.3, 0.4) is 0 Å². The van der Waals surface area contributed by atoms with E-state index in [-0.39, 0.29) is 6.04 Å². The lowest BCUT2D eigenvalue weighted by Gasteiger charge is -2.19. The molecular weight excluding hydrogens is 359 g/mol. The third-order valence-electron chi connectivity index (χ3n) is 3.88.